The lowest BCUT2D eigenvalue weighted by Gasteiger charge is -2.15. The van der Waals surface area contributed by atoms with Crippen molar-refractivity contribution in [3.8, 4) is 5.75 Å². The fourth-order valence-corrected chi connectivity index (χ4v) is 2.83. The summed E-state index contributed by atoms with van der Waals surface area (Å²) >= 11 is 0. The van der Waals surface area contributed by atoms with E-state index in [4.69, 9.17) is 4.74 Å². The number of hydrogen-bond donors (Lipinski definition) is 1. The van der Waals surface area contributed by atoms with Crippen LogP contribution in [0, 0.1) is 5.82 Å². The number of rotatable bonds is 6. The fraction of sp³-hybridized carbons (Fsp3) is 0.100. The molecule has 0 fully saturated rings. The van der Waals surface area contributed by atoms with E-state index in [1.54, 1.807) is 29.5 Å². The Bertz CT molecular complexity index is 1000. The van der Waals surface area contributed by atoms with Gasteiger partial charge in [0.25, 0.3) is 0 Å². The van der Waals surface area contributed by atoms with E-state index in [9.17, 15) is 4.39 Å². The first-order valence-electron chi connectivity index (χ1n) is 8.26. The molecule has 5 nitrogen and oxygen atoms in total. The van der Waals surface area contributed by atoms with Crippen molar-refractivity contribution in [3.05, 3.63) is 90.3 Å². The Hall–Kier alpha value is -3.41. The topological polar surface area (TPSA) is 52.0 Å². The van der Waals surface area contributed by atoms with Crippen LogP contribution in [-0.2, 0) is 13.2 Å². The fourth-order valence-electron chi connectivity index (χ4n) is 2.83. The standard InChI is InChI=1S/C20H17FN4O/c21-17-8-5-15(6-9-17)12-26-20-10-7-16-3-1-2-4-18(16)19(20)11-24-25-13-22-23-14-25/h1-10,13-14,24H,11-12H2. The monoisotopic (exact) mass is 348 g/mol. The zero-order valence-corrected chi connectivity index (χ0v) is 14.0. The highest BCUT2D eigenvalue weighted by Gasteiger charge is 2.09. The van der Waals surface area contributed by atoms with Gasteiger partial charge in [-0.25, -0.2) is 9.07 Å². The summed E-state index contributed by atoms with van der Waals surface area (Å²) < 4.78 is 20.8. The van der Waals surface area contributed by atoms with Gasteiger partial charge in [-0.2, -0.15) is 0 Å². The van der Waals surface area contributed by atoms with Crippen molar-refractivity contribution in [1.82, 2.24) is 14.9 Å². The summed E-state index contributed by atoms with van der Waals surface area (Å²) in [4.78, 5) is 0. The molecule has 0 unspecified atom stereocenters. The predicted octanol–water partition coefficient (Wildman–Crippen LogP) is 3.89. The van der Waals surface area contributed by atoms with Crippen LogP contribution in [0.3, 0.4) is 0 Å². The Morgan fingerprint density at radius 1 is 0.923 bits per heavy atom. The average Bonchev–Trinajstić information content (AvgIpc) is 3.19. The zero-order valence-electron chi connectivity index (χ0n) is 14.0. The van der Waals surface area contributed by atoms with Crippen LogP contribution in [0.4, 0.5) is 4.39 Å². The molecular weight excluding hydrogens is 331 g/mol. The Kier molecular flexibility index (Phi) is 4.47. The highest BCUT2D eigenvalue weighted by Crippen LogP contribution is 2.29. The lowest BCUT2D eigenvalue weighted by molar-refractivity contribution is 0.303. The van der Waals surface area contributed by atoms with Crippen LogP contribution in [-0.4, -0.2) is 14.9 Å². The molecule has 0 bridgehead atoms. The third-order valence-electron chi connectivity index (χ3n) is 4.16. The van der Waals surface area contributed by atoms with Gasteiger partial charge < -0.3 is 10.2 Å². The number of benzene rings is 3. The lowest BCUT2D eigenvalue weighted by Crippen LogP contribution is -2.13. The molecule has 1 N–H and O–H groups in total. The van der Waals surface area contributed by atoms with Gasteiger partial charge in [-0.1, -0.05) is 42.5 Å². The second-order valence-corrected chi connectivity index (χ2v) is 5.88. The zero-order chi connectivity index (χ0) is 17.8. The normalized spacial score (nSPS) is 10.8. The summed E-state index contributed by atoms with van der Waals surface area (Å²) in [6.07, 6.45) is 3.20. The van der Waals surface area contributed by atoms with Crippen molar-refractivity contribution in [2.45, 2.75) is 13.2 Å². The first-order chi connectivity index (χ1) is 12.8. The Morgan fingerprint density at radius 2 is 1.69 bits per heavy atom. The maximum atomic E-state index is 13.1. The molecule has 0 aliphatic rings. The molecule has 26 heavy (non-hydrogen) atoms. The smallest absolute Gasteiger partial charge is 0.138 e. The minimum Gasteiger partial charge on any atom is -0.489 e. The first-order valence-corrected chi connectivity index (χ1v) is 8.26. The number of aromatic nitrogens is 3. The van der Waals surface area contributed by atoms with Gasteiger partial charge >= 0.3 is 0 Å². The van der Waals surface area contributed by atoms with Crippen molar-refractivity contribution in [1.29, 1.82) is 0 Å². The molecule has 1 aromatic heterocycles. The van der Waals surface area contributed by atoms with Crippen molar-refractivity contribution in [2.24, 2.45) is 0 Å². The number of nitrogens with one attached hydrogen (secondary N) is 1. The average molecular weight is 348 g/mol. The predicted molar refractivity (Wildman–Crippen MR) is 97.8 cm³/mol. The maximum Gasteiger partial charge on any atom is 0.138 e. The van der Waals surface area contributed by atoms with Crippen molar-refractivity contribution in [2.75, 3.05) is 5.43 Å². The molecular formula is C20H17FN4O. The van der Waals surface area contributed by atoms with Crippen LogP contribution < -0.4 is 10.2 Å². The molecule has 0 amide bonds. The van der Waals surface area contributed by atoms with Crippen LogP contribution in [0.2, 0.25) is 0 Å². The van der Waals surface area contributed by atoms with Crippen molar-refractivity contribution >= 4 is 10.8 Å². The Morgan fingerprint density at radius 3 is 2.50 bits per heavy atom. The minimum absolute atomic E-state index is 0.252. The molecule has 3 aromatic carbocycles. The van der Waals surface area contributed by atoms with Gasteiger partial charge in [0.1, 0.15) is 30.8 Å². The molecule has 0 aliphatic heterocycles. The molecule has 4 aromatic rings. The molecule has 130 valence electrons. The highest BCUT2D eigenvalue weighted by atomic mass is 19.1. The van der Waals surface area contributed by atoms with E-state index in [1.807, 2.05) is 24.3 Å². The Labute approximate surface area is 150 Å². The molecule has 1 heterocycles. The van der Waals surface area contributed by atoms with Gasteiger partial charge in [0.05, 0.1) is 6.54 Å². The van der Waals surface area contributed by atoms with Gasteiger partial charge in [-0.3, -0.25) is 0 Å². The largest absolute Gasteiger partial charge is 0.489 e. The lowest BCUT2D eigenvalue weighted by atomic mass is 10.0. The summed E-state index contributed by atoms with van der Waals surface area (Å²) in [5, 5.41) is 9.84. The number of halogens is 1. The minimum atomic E-state index is -0.252. The number of ether oxygens (including phenoxy) is 1. The molecule has 0 atom stereocenters. The van der Waals surface area contributed by atoms with Crippen molar-refractivity contribution < 1.29 is 9.13 Å². The molecule has 6 heteroatoms. The quantitative estimate of drug-likeness (QED) is 0.574. The van der Waals surface area contributed by atoms with Crippen LogP contribution in [0.5, 0.6) is 5.75 Å². The molecule has 0 aliphatic carbocycles. The second-order valence-electron chi connectivity index (χ2n) is 5.88. The summed E-state index contributed by atoms with van der Waals surface area (Å²) in [7, 11) is 0. The van der Waals surface area contributed by atoms with E-state index < -0.39 is 0 Å². The van der Waals surface area contributed by atoms with Crippen LogP contribution in [0.15, 0.2) is 73.3 Å². The third kappa shape index (κ3) is 3.49. The van der Waals surface area contributed by atoms with E-state index >= 15 is 0 Å². The van der Waals surface area contributed by atoms with E-state index in [0.717, 1.165) is 27.6 Å². The van der Waals surface area contributed by atoms with E-state index in [1.165, 1.54) is 12.1 Å². The molecule has 0 saturated carbocycles. The molecule has 0 radical (unpaired) electrons. The van der Waals surface area contributed by atoms with Crippen LogP contribution in [0.1, 0.15) is 11.1 Å². The summed E-state index contributed by atoms with van der Waals surface area (Å²) in [6, 6.07) is 18.5. The summed E-state index contributed by atoms with van der Waals surface area (Å²) in [6.45, 7) is 0.927. The van der Waals surface area contributed by atoms with Crippen LogP contribution in [0.25, 0.3) is 10.8 Å². The number of hydrogen-bond acceptors (Lipinski definition) is 4. The number of nitrogens with zero attached hydrogens (tertiary/aromatic N) is 3. The van der Waals surface area contributed by atoms with Gasteiger partial charge in [0, 0.05) is 5.56 Å². The SMILES string of the molecule is Fc1ccc(COc2ccc3ccccc3c2CNn2cnnc2)cc1. The van der Waals surface area contributed by atoms with E-state index in [2.05, 4.69) is 27.8 Å². The summed E-state index contributed by atoms with van der Waals surface area (Å²) in [5.74, 6) is 0.534. The molecule has 4 rings (SSSR count). The van der Waals surface area contributed by atoms with Gasteiger partial charge in [0.15, 0.2) is 0 Å². The highest BCUT2D eigenvalue weighted by molar-refractivity contribution is 5.87. The molecule has 0 saturated heterocycles. The van der Waals surface area contributed by atoms with Gasteiger partial charge in [-0.05, 0) is 34.5 Å². The van der Waals surface area contributed by atoms with Crippen LogP contribution >= 0.6 is 0 Å². The van der Waals surface area contributed by atoms with Gasteiger partial charge in [-0.15, -0.1) is 10.2 Å². The van der Waals surface area contributed by atoms with Gasteiger partial charge in [0.2, 0.25) is 0 Å². The van der Waals surface area contributed by atoms with E-state index in [0.29, 0.717) is 13.2 Å². The summed E-state index contributed by atoms with van der Waals surface area (Å²) in [5.41, 5.74) is 5.20. The molecule has 0 spiro atoms. The first kappa shape index (κ1) is 16.1. The Balaban J connectivity index is 1.61. The van der Waals surface area contributed by atoms with E-state index in [-0.39, 0.29) is 5.82 Å². The third-order valence-corrected chi connectivity index (χ3v) is 4.16. The second kappa shape index (κ2) is 7.23. The maximum absolute atomic E-state index is 13.1. The number of fused-ring (bicyclic) bond motifs is 1. The van der Waals surface area contributed by atoms with Crippen molar-refractivity contribution in [3.63, 3.8) is 0 Å².